The standard InChI is InChI=1S/C20H26N2O3S/c1-22-9-6-20(7-10-22,19-21-8-14-26-19)17-15-16(3-4-18(17)24)5-13-25-12-2-11-23/h3-4,8,11,14-15,24H,2,5-7,9-10,12-13H2,1H3. The van der Waals surface area contributed by atoms with E-state index in [9.17, 15) is 9.90 Å². The number of phenolic OH excluding ortho intramolecular Hbond substituents is 1. The summed E-state index contributed by atoms with van der Waals surface area (Å²) in [6.07, 6.45) is 5.81. The van der Waals surface area contributed by atoms with Crippen LogP contribution in [0.3, 0.4) is 0 Å². The van der Waals surface area contributed by atoms with Gasteiger partial charge in [0.2, 0.25) is 0 Å². The second kappa shape index (κ2) is 8.75. The third kappa shape index (κ3) is 4.14. The van der Waals surface area contributed by atoms with Gasteiger partial charge in [0.1, 0.15) is 17.0 Å². The van der Waals surface area contributed by atoms with Crippen LogP contribution in [0.25, 0.3) is 0 Å². The Morgan fingerprint density at radius 1 is 1.35 bits per heavy atom. The fourth-order valence-corrected chi connectivity index (χ4v) is 4.52. The van der Waals surface area contributed by atoms with Gasteiger partial charge in [-0.3, -0.25) is 0 Å². The van der Waals surface area contributed by atoms with Crippen molar-refractivity contribution in [3.05, 3.63) is 45.9 Å². The van der Waals surface area contributed by atoms with Gasteiger partial charge < -0.3 is 19.5 Å². The van der Waals surface area contributed by atoms with E-state index in [0.29, 0.717) is 25.4 Å². The van der Waals surface area contributed by atoms with Crippen LogP contribution >= 0.6 is 11.3 Å². The number of carbonyl (C=O) groups excluding carboxylic acids is 1. The number of aromatic hydroxyl groups is 1. The van der Waals surface area contributed by atoms with Gasteiger partial charge in [-0.05, 0) is 51.0 Å². The van der Waals surface area contributed by atoms with Crippen molar-refractivity contribution in [2.24, 2.45) is 0 Å². The Morgan fingerprint density at radius 2 is 2.15 bits per heavy atom. The van der Waals surface area contributed by atoms with E-state index in [2.05, 4.69) is 23.0 Å². The van der Waals surface area contributed by atoms with Crippen LogP contribution in [0, 0.1) is 0 Å². The Balaban J connectivity index is 1.84. The molecule has 0 spiro atoms. The summed E-state index contributed by atoms with van der Waals surface area (Å²) >= 11 is 1.67. The third-order valence-corrected chi connectivity index (χ3v) is 6.15. The number of phenols is 1. The van der Waals surface area contributed by atoms with Crippen LogP contribution in [0.5, 0.6) is 5.75 Å². The van der Waals surface area contributed by atoms with Crippen LogP contribution < -0.4 is 0 Å². The second-order valence-electron chi connectivity index (χ2n) is 6.89. The number of carbonyl (C=O) groups is 1. The van der Waals surface area contributed by atoms with Crippen molar-refractivity contribution >= 4 is 17.6 Å². The first-order valence-electron chi connectivity index (χ1n) is 9.08. The SMILES string of the molecule is CN1CCC(c2nccs2)(c2cc(CCOCCC=O)ccc2O)CC1. The molecule has 26 heavy (non-hydrogen) atoms. The van der Waals surface area contributed by atoms with Gasteiger partial charge in [0.05, 0.1) is 18.6 Å². The van der Waals surface area contributed by atoms with Crippen molar-refractivity contribution in [2.75, 3.05) is 33.4 Å². The van der Waals surface area contributed by atoms with E-state index in [1.54, 1.807) is 17.4 Å². The molecule has 0 amide bonds. The summed E-state index contributed by atoms with van der Waals surface area (Å²) in [7, 11) is 2.14. The highest BCUT2D eigenvalue weighted by atomic mass is 32.1. The summed E-state index contributed by atoms with van der Waals surface area (Å²) in [5, 5.41) is 13.7. The highest BCUT2D eigenvalue weighted by Gasteiger charge is 2.41. The predicted octanol–water partition coefficient (Wildman–Crippen LogP) is 3.01. The Hall–Kier alpha value is -1.76. The largest absolute Gasteiger partial charge is 0.508 e. The molecule has 3 rings (SSSR count). The average Bonchev–Trinajstić information content (AvgIpc) is 3.19. The lowest BCUT2D eigenvalue weighted by molar-refractivity contribution is -0.108. The maximum Gasteiger partial charge on any atom is 0.122 e. The maximum absolute atomic E-state index is 10.7. The van der Waals surface area contributed by atoms with Crippen molar-refractivity contribution in [3.8, 4) is 5.75 Å². The number of likely N-dealkylation sites (tertiary alicyclic amines) is 1. The van der Waals surface area contributed by atoms with Gasteiger partial charge >= 0.3 is 0 Å². The van der Waals surface area contributed by atoms with E-state index in [1.165, 1.54) is 0 Å². The molecule has 5 nitrogen and oxygen atoms in total. The molecule has 1 fully saturated rings. The van der Waals surface area contributed by atoms with Crippen molar-refractivity contribution in [2.45, 2.75) is 31.1 Å². The van der Waals surface area contributed by atoms with Crippen LogP contribution in [0.2, 0.25) is 0 Å². The first-order valence-corrected chi connectivity index (χ1v) is 9.96. The number of rotatable bonds is 8. The summed E-state index contributed by atoms with van der Waals surface area (Å²) in [6.45, 7) is 3.00. The van der Waals surface area contributed by atoms with E-state index in [4.69, 9.17) is 4.74 Å². The van der Waals surface area contributed by atoms with Gasteiger partial charge in [0.25, 0.3) is 0 Å². The number of nitrogens with zero attached hydrogens (tertiary/aromatic N) is 2. The number of benzene rings is 1. The van der Waals surface area contributed by atoms with Crippen LogP contribution in [0.4, 0.5) is 0 Å². The molecule has 2 aromatic rings. The summed E-state index contributed by atoms with van der Waals surface area (Å²) in [6, 6.07) is 5.86. The third-order valence-electron chi connectivity index (χ3n) is 5.17. The fourth-order valence-electron chi connectivity index (χ4n) is 3.60. The van der Waals surface area contributed by atoms with Crippen LogP contribution in [-0.4, -0.2) is 54.6 Å². The Bertz CT molecular complexity index is 710. The molecule has 1 N–H and O–H groups in total. The van der Waals surface area contributed by atoms with Crippen molar-refractivity contribution in [3.63, 3.8) is 0 Å². The number of thiazole rings is 1. The summed E-state index contributed by atoms with van der Waals surface area (Å²) < 4.78 is 5.49. The van der Waals surface area contributed by atoms with Gasteiger partial charge in [-0.25, -0.2) is 4.98 Å². The second-order valence-corrected chi connectivity index (χ2v) is 7.79. The lowest BCUT2D eigenvalue weighted by Crippen LogP contribution is -2.41. The molecule has 1 aromatic heterocycles. The number of hydrogen-bond acceptors (Lipinski definition) is 6. The predicted molar refractivity (Wildman–Crippen MR) is 103 cm³/mol. The molecular weight excluding hydrogens is 348 g/mol. The van der Waals surface area contributed by atoms with Gasteiger partial charge in [-0.15, -0.1) is 11.3 Å². The van der Waals surface area contributed by atoms with Crippen molar-refractivity contribution < 1.29 is 14.6 Å². The highest BCUT2D eigenvalue weighted by molar-refractivity contribution is 7.09. The molecular formula is C20H26N2O3S. The van der Waals surface area contributed by atoms with Crippen LogP contribution in [-0.2, 0) is 21.4 Å². The number of hydrogen-bond donors (Lipinski definition) is 1. The molecule has 0 radical (unpaired) electrons. The molecule has 0 bridgehead atoms. The normalized spacial score (nSPS) is 17.3. The molecule has 1 aromatic carbocycles. The zero-order valence-corrected chi connectivity index (χ0v) is 16.0. The number of aromatic nitrogens is 1. The Morgan fingerprint density at radius 3 is 2.85 bits per heavy atom. The molecule has 0 saturated carbocycles. The lowest BCUT2D eigenvalue weighted by Gasteiger charge is -2.40. The molecule has 140 valence electrons. The van der Waals surface area contributed by atoms with E-state index < -0.39 is 0 Å². The van der Waals surface area contributed by atoms with Crippen molar-refractivity contribution in [1.82, 2.24) is 9.88 Å². The van der Waals surface area contributed by atoms with Crippen LogP contribution in [0.15, 0.2) is 29.8 Å². The van der Waals surface area contributed by atoms with E-state index in [1.807, 2.05) is 17.6 Å². The molecule has 0 aliphatic carbocycles. The molecule has 0 unspecified atom stereocenters. The lowest BCUT2D eigenvalue weighted by atomic mass is 9.72. The monoisotopic (exact) mass is 374 g/mol. The quantitative estimate of drug-likeness (QED) is 0.568. The number of ether oxygens (including phenoxy) is 1. The van der Waals surface area contributed by atoms with E-state index >= 15 is 0 Å². The summed E-state index contributed by atoms with van der Waals surface area (Å²) in [4.78, 5) is 17.3. The van der Waals surface area contributed by atoms with Gasteiger partial charge in [0, 0.05) is 23.6 Å². The van der Waals surface area contributed by atoms with Crippen molar-refractivity contribution in [1.29, 1.82) is 0 Å². The number of piperidine rings is 1. The maximum atomic E-state index is 10.7. The zero-order valence-electron chi connectivity index (χ0n) is 15.2. The molecule has 1 aliphatic rings. The van der Waals surface area contributed by atoms with Crippen LogP contribution in [0.1, 0.15) is 35.4 Å². The van der Waals surface area contributed by atoms with E-state index in [-0.39, 0.29) is 5.41 Å². The Labute approximate surface area is 158 Å². The molecule has 1 saturated heterocycles. The molecule has 2 heterocycles. The zero-order chi connectivity index (χ0) is 18.4. The minimum atomic E-state index is -0.223. The van der Waals surface area contributed by atoms with Gasteiger partial charge in [0.15, 0.2) is 0 Å². The summed E-state index contributed by atoms with van der Waals surface area (Å²) in [5.74, 6) is 0.343. The Kier molecular flexibility index (Phi) is 6.40. The topological polar surface area (TPSA) is 62.7 Å². The summed E-state index contributed by atoms with van der Waals surface area (Å²) in [5.41, 5.74) is 1.89. The first-order chi connectivity index (χ1) is 12.7. The first kappa shape index (κ1) is 19.0. The minimum Gasteiger partial charge on any atom is -0.508 e. The fraction of sp³-hybridized carbons (Fsp3) is 0.500. The molecule has 1 aliphatic heterocycles. The van der Waals surface area contributed by atoms with E-state index in [0.717, 1.165) is 54.8 Å². The highest BCUT2D eigenvalue weighted by Crippen LogP contribution is 2.46. The van der Waals surface area contributed by atoms with Gasteiger partial charge in [-0.1, -0.05) is 12.1 Å². The number of aldehydes is 1. The molecule has 6 heteroatoms. The average molecular weight is 375 g/mol. The molecule has 0 atom stereocenters. The smallest absolute Gasteiger partial charge is 0.122 e. The minimum absolute atomic E-state index is 0.223. The van der Waals surface area contributed by atoms with Gasteiger partial charge in [-0.2, -0.15) is 0 Å².